The van der Waals surface area contributed by atoms with Crippen molar-refractivity contribution in [2.45, 2.75) is 20.1 Å². The van der Waals surface area contributed by atoms with Crippen LogP contribution in [0, 0.1) is 10.1 Å². The molecule has 0 spiro atoms. The molecule has 0 bridgehead atoms. The maximum Gasteiger partial charge on any atom is 0.278 e. The summed E-state index contributed by atoms with van der Waals surface area (Å²) in [4.78, 5) is 14.8. The highest BCUT2D eigenvalue weighted by Gasteiger charge is 2.14. The lowest BCUT2D eigenvalue weighted by Crippen LogP contribution is -2.01. The van der Waals surface area contributed by atoms with Gasteiger partial charge in [0, 0.05) is 42.7 Å². The van der Waals surface area contributed by atoms with Gasteiger partial charge in [0.25, 0.3) is 5.69 Å². The van der Waals surface area contributed by atoms with Crippen LogP contribution in [-0.2, 0) is 17.9 Å². The monoisotopic (exact) mass is 337 g/mol. The molecule has 1 heterocycles. The lowest BCUT2D eigenvalue weighted by atomic mass is 10.1. The van der Waals surface area contributed by atoms with E-state index in [9.17, 15) is 10.1 Å². The Morgan fingerprint density at radius 3 is 2.56 bits per heavy atom. The maximum absolute atomic E-state index is 11.2. The minimum absolute atomic E-state index is 0.0638. The molecule has 0 fully saturated rings. The van der Waals surface area contributed by atoms with E-state index >= 15 is 0 Å². The first-order valence-electron chi connectivity index (χ1n) is 8.09. The highest BCUT2D eigenvalue weighted by atomic mass is 16.6. The molecule has 0 aliphatic carbocycles. The Hall–Kier alpha value is -2.99. The van der Waals surface area contributed by atoms with Crippen molar-refractivity contribution in [3.05, 3.63) is 76.1 Å². The molecular weight excluding hydrogens is 318 g/mol. The van der Waals surface area contributed by atoms with Gasteiger partial charge in [-0.1, -0.05) is 24.3 Å². The Morgan fingerprint density at radius 2 is 1.84 bits per heavy atom. The van der Waals surface area contributed by atoms with Crippen LogP contribution in [0.4, 0.5) is 11.4 Å². The molecule has 1 aromatic heterocycles. The molecule has 0 amide bonds. The molecule has 3 aromatic rings. The van der Waals surface area contributed by atoms with Gasteiger partial charge in [-0.3, -0.25) is 15.1 Å². The molecule has 3 rings (SSSR count). The third kappa shape index (κ3) is 3.92. The number of anilines is 1. The predicted octanol–water partition coefficient (Wildman–Crippen LogP) is 4.29. The van der Waals surface area contributed by atoms with E-state index in [1.165, 1.54) is 12.3 Å². The number of aromatic nitrogens is 1. The van der Waals surface area contributed by atoms with Crippen molar-refractivity contribution >= 4 is 22.1 Å². The Balaban J connectivity index is 1.77. The fraction of sp³-hybridized carbons (Fsp3) is 0.211. The minimum atomic E-state index is -0.384. The van der Waals surface area contributed by atoms with Crippen molar-refractivity contribution in [1.29, 1.82) is 0 Å². The van der Waals surface area contributed by atoms with Crippen molar-refractivity contribution in [3.63, 3.8) is 0 Å². The summed E-state index contributed by atoms with van der Waals surface area (Å²) < 4.78 is 5.39. The average Bonchev–Trinajstić information content (AvgIpc) is 2.65. The van der Waals surface area contributed by atoms with E-state index in [-0.39, 0.29) is 10.6 Å². The van der Waals surface area contributed by atoms with Gasteiger partial charge in [0.15, 0.2) is 0 Å². The van der Waals surface area contributed by atoms with Gasteiger partial charge < -0.3 is 10.1 Å². The van der Waals surface area contributed by atoms with E-state index in [0.717, 1.165) is 22.2 Å². The average molecular weight is 337 g/mol. The van der Waals surface area contributed by atoms with Crippen molar-refractivity contribution in [2.75, 3.05) is 11.9 Å². The van der Waals surface area contributed by atoms with Gasteiger partial charge in [-0.15, -0.1) is 0 Å². The number of nitro groups is 1. The Labute approximate surface area is 145 Å². The summed E-state index contributed by atoms with van der Waals surface area (Å²) in [6.45, 7) is 3.92. The van der Waals surface area contributed by atoms with Crippen LogP contribution in [-0.4, -0.2) is 16.5 Å². The van der Waals surface area contributed by atoms with E-state index in [2.05, 4.69) is 22.4 Å². The molecule has 2 aromatic carbocycles. The van der Waals surface area contributed by atoms with Gasteiger partial charge >= 0.3 is 0 Å². The van der Waals surface area contributed by atoms with Crippen LogP contribution in [0.5, 0.6) is 0 Å². The van der Waals surface area contributed by atoms with Crippen molar-refractivity contribution < 1.29 is 9.66 Å². The molecule has 0 unspecified atom stereocenters. The van der Waals surface area contributed by atoms with Gasteiger partial charge in [-0.2, -0.15) is 0 Å². The van der Waals surface area contributed by atoms with Crippen LogP contribution in [0.25, 0.3) is 10.8 Å². The van der Waals surface area contributed by atoms with Crippen LogP contribution >= 0.6 is 0 Å². The SMILES string of the molecule is CCOCc1ccc(CNc2ccc([N+](=O)[O-])c3cnccc23)cc1. The summed E-state index contributed by atoms with van der Waals surface area (Å²) in [5.74, 6) is 0. The van der Waals surface area contributed by atoms with Gasteiger partial charge in [0.2, 0.25) is 0 Å². The zero-order chi connectivity index (χ0) is 17.6. The molecule has 0 aliphatic rings. The van der Waals surface area contributed by atoms with Gasteiger partial charge in [-0.05, 0) is 30.2 Å². The second-order valence-corrected chi connectivity index (χ2v) is 5.62. The molecule has 0 radical (unpaired) electrons. The number of hydrogen-bond acceptors (Lipinski definition) is 5. The van der Waals surface area contributed by atoms with Gasteiger partial charge in [0.1, 0.15) is 0 Å². The largest absolute Gasteiger partial charge is 0.380 e. The van der Waals surface area contributed by atoms with Crippen molar-refractivity contribution in [1.82, 2.24) is 4.98 Å². The highest BCUT2D eigenvalue weighted by molar-refractivity contribution is 5.99. The Bertz CT molecular complexity index is 879. The third-order valence-corrected chi connectivity index (χ3v) is 3.97. The van der Waals surface area contributed by atoms with Gasteiger partial charge in [-0.25, -0.2) is 0 Å². The fourth-order valence-corrected chi connectivity index (χ4v) is 2.66. The lowest BCUT2D eigenvalue weighted by Gasteiger charge is -2.10. The van der Waals surface area contributed by atoms with E-state index in [4.69, 9.17) is 4.74 Å². The number of fused-ring (bicyclic) bond motifs is 1. The number of rotatable bonds is 7. The summed E-state index contributed by atoms with van der Waals surface area (Å²) in [5.41, 5.74) is 3.17. The predicted molar refractivity (Wildman–Crippen MR) is 97.5 cm³/mol. The lowest BCUT2D eigenvalue weighted by molar-refractivity contribution is -0.383. The molecule has 0 saturated carbocycles. The molecule has 6 heteroatoms. The van der Waals surface area contributed by atoms with E-state index in [1.54, 1.807) is 18.3 Å². The first-order valence-corrected chi connectivity index (χ1v) is 8.09. The van der Waals surface area contributed by atoms with Crippen LogP contribution in [0.1, 0.15) is 18.1 Å². The Morgan fingerprint density at radius 1 is 1.08 bits per heavy atom. The van der Waals surface area contributed by atoms with Gasteiger partial charge in [0.05, 0.1) is 16.9 Å². The molecular formula is C19H19N3O3. The number of pyridine rings is 1. The zero-order valence-corrected chi connectivity index (χ0v) is 13.9. The van der Waals surface area contributed by atoms with Crippen LogP contribution in [0.15, 0.2) is 54.9 Å². The highest BCUT2D eigenvalue weighted by Crippen LogP contribution is 2.30. The zero-order valence-electron chi connectivity index (χ0n) is 13.9. The maximum atomic E-state index is 11.2. The third-order valence-electron chi connectivity index (χ3n) is 3.97. The summed E-state index contributed by atoms with van der Waals surface area (Å²) in [6.07, 6.45) is 3.17. The number of nitrogens with zero attached hydrogens (tertiary/aromatic N) is 2. The van der Waals surface area contributed by atoms with E-state index < -0.39 is 0 Å². The van der Waals surface area contributed by atoms with E-state index in [0.29, 0.717) is 25.1 Å². The smallest absolute Gasteiger partial charge is 0.278 e. The number of nitrogens with one attached hydrogen (secondary N) is 1. The summed E-state index contributed by atoms with van der Waals surface area (Å²) >= 11 is 0. The first kappa shape index (κ1) is 16.9. The molecule has 0 saturated heterocycles. The second-order valence-electron chi connectivity index (χ2n) is 5.62. The van der Waals surface area contributed by atoms with Crippen LogP contribution in [0.2, 0.25) is 0 Å². The molecule has 25 heavy (non-hydrogen) atoms. The standard InChI is InChI=1S/C19H19N3O3/c1-2-25-13-15-5-3-14(4-6-15)11-21-18-7-8-19(22(23)24)17-12-20-10-9-16(17)18/h3-10,12,21H,2,11,13H2,1H3. The summed E-state index contributed by atoms with van der Waals surface area (Å²) in [6, 6.07) is 13.2. The van der Waals surface area contributed by atoms with Crippen molar-refractivity contribution in [3.8, 4) is 0 Å². The first-order chi connectivity index (χ1) is 12.2. The number of ether oxygens (including phenoxy) is 1. The number of benzene rings is 2. The number of hydrogen-bond donors (Lipinski definition) is 1. The summed E-state index contributed by atoms with van der Waals surface area (Å²) in [7, 11) is 0. The molecule has 1 N–H and O–H groups in total. The minimum Gasteiger partial charge on any atom is -0.380 e. The fourth-order valence-electron chi connectivity index (χ4n) is 2.66. The normalized spacial score (nSPS) is 10.8. The van der Waals surface area contributed by atoms with E-state index in [1.807, 2.05) is 19.1 Å². The summed E-state index contributed by atoms with van der Waals surface area (Å²) in [5, 5.41) is 15.8. The quantitative estimate of drug-likeness (QED) is 0.514. The molecule has 128 valence electrons. The molecule has 0 atom stereocenters. The number of nitro benzene ring substituents is 1. The topological polar surface area (TPSA) is 77.3 Å². The molecule has 0 aliphatic heterocycles. The molecule has 6 nitrogen and oxygen atoms in total. The van der Waals surface area contributed by atoms with Crippen LogP contribution < -0.4 is 5.32 Å². The van der Waals surface area contributed by atoms with Crippen LogP contribution in [0.3, 0.4) is 0 Å². The van der Waals surface area contributed by atoms with Crippen molar-refractivity contribution in [2.24, 2.45) is 0 Å². The Kier molecular flexibility index (Phi) is 5.20. The number of non-ortho nitro benzene ring substituents is 1. The second kappa shape index (κ2) is 7.72.